The van der Waals surface area contributed by atoms with Crippen LogP contribution in [0.25, 0.3) is 0 Å². The summed E-state index contributed by atoms with van der Waals surface area (Å²) in [6, 6.07) is 15.2. The van der Waals surface area contributed by atoms with Crippen molar-refractivity contribution in [1.29, 1.82) is 0 Å². The van der Waals surface area contributed by atoms with Crippen molar-refractivity contribution in [3.8, 4) is 5.75 Å². The van der Waals surface area contributed by atoms with Crippen molar-refractivity contribution >= 4 is 17.3 Å². The molecule has 0 radical (unpaired) electrons. The number of ether oxygens (including phenoxy) is 1. The number of hydrogen-bond donors (Lipinski definition) is 1. The molecular weight excluding hydrogens is 378 g/mol. The number of nitrogens with one attached hydrogen (secondary N) is 1. The predicted octanol–water partition coefficient (Wildman–Crippen LogP) is 7.52. The van der Waals surface area contributed by atoms with Gasteiger partial charge >= 0.3 is 0 Å². The number of fused-ring (bicyclic) bond motifs is 3. The number of benzene rings is 2. The van der Waals surface area contributed by atoms with Crippen molar-refractivity contribution in [2.45, 2.75) is 56.9 Å². The van der Waals surface area contributed by atoms with Crippen LogP contribution in [-0.4, -0.2) is 6.61 Å². The highest BCUT2D eigenvalue weighted by Crippen LogP contribution is 2.50. The first-order chi connectivity index (χ1) is 14.3. The van der Waals surface area contributed by atoms with Gasteiger partial charge in [-0.1, -0.05) is 68.0 Å². The van der Waals surface area contributed by atoms with Gasteiger partial charge in [0.1, 0.15) is 5.75 Å². The molecule has 1 fully saturated rings. The lowest BCUT2D eigenvalue weighted by molar-refractivity contribution is 0.246. The monoisotopic (exact) mass is 407 g/mol. The molecule has 3 aliphatic rings. The fourth-order valence-electron chi connectivity index (χ4n) is 5.51. The van der Waals surface area contributed by atoms with Crippen LogP contribution < -0.4 is 10.1 Å². The van der Waals surface area contributed by atoms with Gasteiger partial charge in [0.05, 0.1) is 12.6 Å². The first-order valence-corrected chi connectivity index (χ1v) is 11.6. The predicted molar refractivity (Wildman–Crippen MR) is 121 cm³/mol. The van der Waals surface area contributed by atoms with Crippen molar-refractivity contribution in [2.24, 2.45) is 11.8 Å². The van der Waals surface area contributed by atoms with Gasteiger partial charge in [0.2, 0.25) is 0 Å². The third-order valence-electron chi connectivity index (χ3n) is 7.06. The molecule has 1 N–H and O–H groups in total. The zero-order chi connectivity index (χ0) is 19.6. The zero-order valence-corrected chi connectivity index (χ0v) is 17.7. The molecule has 2 aromatic rings. The minimum atomic E-state index is 0.291. The lowest BCUT2D eigenvalue weighted by atomic mass is 9.77. The van der Waals surface area contributed by atoms with Gasteiger partial charge in [-0.05, 0) is 66.1 Å². The van der Waals surface area contributed by atoms with Crippen molar-refractivity contribution in [3.63, 3.8) is 0 Å². The molecule has 1 aliphatic heterocycles. The Morgan fingerprint density at radius 3 is 2.79 bits per heavy atom. The molecule has 0 amide bonds. The topological polar surface area (TPSA) is 21.3 Å². The summed E-state index contributed by atoms with van der Waals surface area (Å²) in [4.78, 5) is 0. The van der Waals surface area contributed by atoms with E-state index in [0.29, 0.717) is 17.9 Å². The summed E-state index contributed by atoms with van der Waals surface area (Å²) in [7, 11) is 0. The second kappa shape index (κ2) is 8.44. The van der Waals surface area contributed by atoms with Gasteiger partial charge in [-0.25, -0.2) is 0 Å². The quantitative estimate of drug-likeness (QED) is 0.517. The van der Waals surface area contributed by atoms with E-state index in [2.05, 4.69) is 53.9 Å². The fraction of sp³-hybridized carbons (Fsp3) is 0.462. The number of rotatable bonds is 5. The zero-order valence-electron chi connectivity index (χ0n) is 16.9. The Labute approximate surface area is 179 Å². The van der Waals surface area contributed by atoms with Gasteiger partial charge in [0.25, 0.3) is 0 Å². The van der Waals surface area contributed by atoms with E-state index >= 15 is 0 Å². The normalized spacial score (nSPS) is 25.9. The van der Waals surface area contributed by atoms with E-state index in [1.54, 1.807) is 0 Å². The summed E-state index contributed by atoms with van der Waals surface area (Å²) in [5, 5.41) is 4.60. The van der Waals surface area contributed by atoms with Gasteiger partial charge in [-0.3, -0.25) is 0 Å². The van der Waals surface area contributed by atoms with Crippen LogP contribution in [-0.2, 0) is 0 Å². The minimum absolute atomic E-state index is 0.291. The van der Waals surface area contributed by atoms with Crippen LogP contribution in [0, 0.1) is 11.8 Å². The average Bonchev–Trinajstić information content (AvgIpc) is 3.24. The van der Waals surface area contributed by atoms with E-state index in [-0.39, 0.29) is 0 Å². The molecular formula is C26H30ClNO. The van der Waals surface area contributed by atoms with Crippen LogP contribution >= 0.6 is 11.6 Å². The van der Waals surface area contributed by atoms with Gasteiger partial charge in [-0.2, -0.15) is 0 Å². The van der Waals surface area contributed by atoms with E-state index < -0.39 is 0 Å². The fourth-order valence-corrected chi connectivity index (χ4v) is 5.71. The summed E-state index contributed by atoms with van der Waals surface area (Å²) in [6.45, 7) is 0.839. The van der Waals surface area contributed by atoms with E-state index in [4.69, 9.17) is 16.3 Å². The van der Waals surface area contributed by atoms with Crippen molar-refractivity contribution in [1.82, 2.24) is 0 Å². The molecule has 1 heterocycles. The Bertz CT molecular complexity index is 886. The third kappa shape index (κ3) is 4.05. The van der Waals surface area contributed by atoms with Crippen LogP contribution in [0.1, 0.15) is 68.0 Å². The Hall–Kier alpha value is -1.93. The molecule has 2 aliphatic carbocycles. The maximum atomic E-state index is 6.27. The average molecular weight is 408 g/mol. The summed E-state index contributed by atoms with van der Waals surface area (Å²) >= 11 is 6.27. The van der Waals surface area contributed by atoms with Crippen molar-refractivity contribution < 1.29 is 4.74 Å². The molecule has 29 heavy (non-hydrogen) atoms. The van der Waals surface area contributed by atoms with Gasteiger partial charge in [-0.15, -0.1) is 0 Å². The number of anilines is 1. The van der Waals surface area contributed by atoms with Gasteiger partial charge < -0.3 is 10.1 Å². The summed E-state index contributed by atoms with van der Waals surface area (Å²) < 4.78 is 6.18. The molecule has 0 bridgehead atoms. The first kappa shape index (κ1) is 19.1. The molecule has 3 atom stereocenters. The Morgan fingerprint density at radius 1 is 1.03 bits per heavy atom. The first-order valence-electron chi connectivity index (χ1n) is 11.2. The van der Waals surface area contributed by atoms with Crippen LogP contribution in [0.5, 0.6) is 5.75 Å². The SMILES string of the molecule is Clc1cccc(C2Nc3ccc(OCCC4CCCCC4)cc3C3C=CCC32)c1. The van der Waals surface area contributed by atoms with Crippen LogP contribution in [0.3, 0.4) is 0 Å². The highest BCUT2D eigenvalue weighted by molar-refractivity contribution is 6.30. The second-order valence-corrected chi connectivity index (χ2v) is 9.36. The van der Waals surface area contributed by atoms with Crippen molar-refractivity contribution in [3.05, 3.63) is 70.8 Å². The summed E-state index contributed by atoms with van der Waals surface area (Å²) in [5.74, 6) is 2.85. The number of hydrogen-bond acceptors (Lipinski definition) is 2. The van der Waals surface area contributed by atoms with Crippen LogP contribution in [0.4, 0.5) is 5.69 Å². The molecule has 3 unspecified atom stereocenters. The van der Waals surface area contributed by atoms with Crippen LogP contribution in [0.15, 0.2) is 54.6 Å². The number of allylic oxidation sites excluding steroid dienone is 2. The Kier molecular flexibility index (Phi) is 5.54. The van der Waals surface area contributed by atoms with Crippen LogP contribution in [0.2, 0.25) is 5.02 Å². The largest absolute Gasteiger partial charge is 0.494 e. The third-order valence-corrected chi connectivity index (χ3v) is 7.30. The smallest absolute Gasteiger partial charge is 0.119 e. The molecule has 3 heteroatoms. The van der Waals surface area contributed by atoms with Crippen molar-refractivity contribution in [2.75, 3.05) is 11.9 Å². The van der Waals surface area contributed by atoms with Gasteiger partial charge in [0.15, 0.2) is 0 Å². The summed E-state index contributed by atoms with van der Waals surface area (Å²) in [5.41, 5.74) is 3.87. The van der Waals surface area contributed by atoms with E-state index in [1.807, 2.05) is 6.07 Å². The number of halogens is 1. The molecule has 0 spiro atoms. The molecule has 0 saturated heterocycles. The van der Waals surface area contributed by atoms with E-state index in [9.17, 15) is 0 Å². The minimum Gasteiger partial charge on any atom is -0.494 e. The highest BCUT2D eigenvalue weighted by atomic mass is 35.5. The standard InChI is InChI=1S/C26H30ClNO/c27-20-9-4-8-19(16-20)26-23-11-5-10-22(23)24-17-21(12-13-25(24)28-26)29-15-14-18-6-2-1-3-7-18/h4-5,8-10,12-13,16-18,22-23,26,28H,1-3,6-7,11,14-15H2. The van der Waals surface area contributed by atoms with Gasteiger partial charge in [0, 0.05) is 16.6 Å². The highest BCUT2D eigenvalue weighted by Gasteiger charge is 2.38. The Balaban J connectivity index is 1.32. The second-order valence-electron chi connectivity index (χ2n) is 8.92. The lowest BCUT2D eigenvalue weighted by Crippen LogP contribution is -2.29. The lowest BCUT2D eigenvalue weighted by Gasteiger charge is -2.37. The molecule has 1 saturated carbocycles. The maximum Gasteiger partial charge on any atom is 0.119 e. The molecule has 2 aromatic carbocycles. The van der Waals surface area contributed by atoms with E-state index in [1.165, 1.54) is 55.3 Å². The maximum absolute atomic E-state index is 6.27. The molecule has 152 valence electrons. The molecule has 0 aromatic heterocycles. The Morgan fingerprint density at radius 2 is 1.93 bits per heavy atom. The molecule has 2 nitrogen and oxygen atoms in total. The molecule has 5 rings (SSSR count). The van der Waals surface area contributed by atoms with E-state index in [0.717, 1.165) is 29.7 Å². The summed E-state index contributed by atoms with van der Waals surface area (Å²) in [6.07, 6.45) is 14.0.